The van der Waals surface area contributed by atoms with E-state index in [2.05, 4.69) is 4.74 Å². The molecule has 0 bridgehead atoms. The van der Waals surface area contributed by atoms with Crippen molar-refractivity contribution >= 4 is 11.9 Å². The lowest BCUT2D eigenvalue weighted by Gasteiger charge is -2.31. The number of esters is 1. The lowest BCUT2D eigenvalue weighted by atomic mass is 9.98. The number of nitrogens with zero attached hydrogens (tertiary/aromatic N) is 1. The topological polar surface area (TPSA) is 72.6 Å². The Kier molecular flexibility index (Phi) is 4.55. The fraction of sp³-hybridized carbons (Fsp3) is 0.800. The second kappa shape index (κ2) is 5.70. The minimum Gasteiger partial charge on any atom is -0.469 e. The van der Waals surface area contributed by atoms with Gasteiger partial charge in [0.1, 0.15) is 0 Å². The summed E-state index contributed by atoms with van der Waals surface area (Å²) < 4.78 is 4.68. The fourth-order valence-electron chi connectivity index (χ4n) is 1.84. The van der Waals surface area contributed by atoms with Crippen LogP contribution in [0.3, 0.4) is 0 Å². The third kappa shape index (κ3) is 3.20. The Balaban J connectivity index is 2.48. The van der Waals surface area contributed by atoms with E-state index >= 15 is 0 Å². The van der Waals surface area contributed by atoms with E-state index in [0.717, 1.165) is 19.4 Å². The first-order chi connectivity index (χ1) is 7.19. The lowest BCUT2D eigenvalue weighted by molar-refractivity contribution is -0.148. The lowest BCUT2D eigenvalue weighted by Crippen LogP contribution is -2.43. The Bertz CT molecular complexity index is 243. The highest BCUT2D eigenvalue weighted by Crippen LogP contribution is 2.18. The molecule has 1 rings (SSSR count). The number of likely N-dealkylation sites (tertiary alicyclic amines) is 1. The fourth-order valence-corrected chi connectivity index (χ4v) is 1.84. The van der Waals surface area contributed by atoms with Gasteiger partial charge in [0.15, 0.2) is 0 Å². The summed E-state index contributed by atoms with van der Waals surface area (Å²) in [4.78, 5) is 24.6. The number of carbonyl (C=O) groups is 2. The molecule has 15 heavy (non-hydrogen) atoms. The number of nitrogens with two attached hydrogens (primary N) is 1. The number of hydrogen-bond donors (Lipinski definition) is 1. The Labute approximate surface area is 89.6 Å². The van der Waals surface area contributed by atoms with Crippen molar-refractivity contribution in [1.82, 2.24) is 4.90 Å². The van der Waals surface area contributed by atoms with E-state index in [1.807, 2.05) is 0 Å². The van der Waals surface area contributed by atoms with Gasteiger partial charge in [-0.3, -0.25) is 9.59 Å². The SMILES string of the molecule is COC(=O)C1CCCN(C(=O)CCN)C1. The average Bonchev–Trinajstić information content (AvgIpc) is 2.28. The van der Waals surface area contributed by atoms with Crippen LogP contribution in [-0.4, -0.2) is 43.5 Å². The molecule has 0 saturated carbocycles. The van der Waals surface area contributed by atoms with Crippen LogP contribution in [0.1, 0.15) is 19.3 Å². The smallest absolute Gasteiger partial charge is 0.310 e. The largest absolute Gasteiger partial charge is 0.469 e. The van der Waals surface area contributed by atoms with E-state index in [1.165, 1.54) is 7.11 Å². The highest BCUT2D eigenvalue weighted by atomic mass is 16.5. The first kappa shape index (κ1) is 12.0. The van der Waals surface area contributed by atoms with Gasteiger partial charge in [-0.15, -0.1) is 0 Å². The van der Waals surface area contributed by atoms with Crippen LogP contribution in [0.25, 0.3) is 0 Å². The Hall–Kier alpha value is -1.10. The van der Waals surface area contributed by atoms with Gasteiger partial charge < -0.3 is 15.4 Å². The molecule has 86 valence electrons. The second-order valence-electron chi connectivity index (χ2n) is 3.74. The maximum Gasteiger partial charge on any atom is 0.310 e. The van der Waals surface area contributed by atoms with Crippen LogP contribution < -0.4 is 5.73 Å². The number of carbonyl (C=O) groups excluding carboxylic acids is 2. The van der Waals surface area contributed by atoms with Gasteiger partial charge in [-0.25, -0.2) is 0 Å². The minimum absolute atomic E-state index is 0.0334. The van der Waals surface area contributed by atoms with Crippen molar-refractivity contribution in [2.24, 2.45) is 11.7 Å². The molecule has 0 aliphatic carbocycles. The van der Waals surface area contributed by atoms with Crippen molar-refractivity contribution in [1.29, 1.82) is 0 Å². The second-order valence-corrected chi connectivity index (χ2v) is 3.74. The van der Waals surface area contributed by atoms with Crippen LogP contribution in [0, 0.1) is 5.92 Å². The molecule has 0 aromatic carbocycles. The molecule has 5 nitrogen and oxygen atoms in total. The van der Waals surface area contributed by atoms with Gasteiger partial charge in [-0.05, 0) is 12.8 Å². The van der Waals surface area contributed by atoms with Crippen molar-refractivity contribution < 1.29 is 14.3 Å². The summed E-state index contributed by atoms with van der Waals surface area (Å²) in [5.41, 5.74) is 5.32. The predicted molar refractivity (Wildman–Crippen MR) is 55.0 cm³/mol. The molecule has 2 N–H and O–H groups in total. The highest BCUT2D eigenvalue weighted by Gasteiger charge is 2.28. The summed E-state index contributed by atoms with van der Waals surface area (Å²) in [6, 6.07) is 0. The molecule has 1 aliphatic rings. The van der Waals surface area contributed by atoms with E-state index in [1.54, 1.807) is 4.90 Å². The zero-order chi connectivity index (χ0) is 11.3. The molecule has 1 heterocycles. The van der Waals surface area contributed by atoms with Crippen molar-refractivity contribution in [3.63, 3.8) is 0 Å². The van der Waals surface area contributed by atoms with Crippen LogP contribution in [0.5, 0.6) is 0 Å². The number of hydrogen-bond acceptors (Lipinski definition) is 4. The van der Waals surface area contributed by atoms with Crippen molar-refractivity contribution in [2.75, 3.05) is 26.7 Å². The summed E-state index contributed by atoms with van der Waals surface area (Å²) in [6.45, 7) is 1.57. The van der Waals surface area contributed by atoms with Gasteiger partial charge in [-0.2, -0.15) is 0 Å². The summed E-state index contributed by atoms with van der Waals surface area (Å²) >= 11 is 0. The molecule has 1 fully saturated rings. The monoisotopic (exact) mass is 214 g/mol. The number of piperidine rings is 1. The van der Waals surface area contributed by atoms with Crippen molar-refractivity contribution in [2.45, 2.75) is 19.3 Å². The summed E-state index contributed by atoms with van der Waals surface area (Å²) in [7, 11) is 1.38. The Morgan fingerprint density at radius 2 is 2.27 bits per heavy atom. The van der Waals surface area contributed by atoms with E-state index < -0.39 is 0 Å². The van der Waals surface area contributed by atoms with E-state index in [0.29, 0.717) is 19.5 Å². The van der Waals surface area contributed by atoms with E-state index in [4.69, 9.17) is 5.73 Å². The molecular formula is C10H18N2O3. The summed E-state index contributed by atoms with van der Waals surface area (Å²) in [5, 5.41) is 0. The molecule has 1 aliphatic heterocycles. The third-order valence-electron chi connectivity index (χ3n) is 2.67. The number of methoxy groups -OCH3 is 1. The molecule has 1 unspecified atom stereocenters. The van der Waals surface area contributed by atoms with Crippen LogP contribution >= 0.6 is 0 Å². The third-order valence-corrected chi connectivity index (χ3v) is 2.67. The van der Waals surface area contributed by atoms with Gasteiger partial charge in [0.05, 0.1) is 13.0 Å². The van der Waals surface area contributed by atoms with Gasteiger partial charge in [0.2, 0.25) is 5.91 Å². The molecule has 0 aromatic rings. The summed E-state index contributed by atoms with van der Waals surface area (Å²) in [6.07, 6.45) is 2.02. The van der Waals surface area contributed by atoms with Crippen LogP contribution in [0.4, 0.5) is 0 Å². The number of ether oxygens (including phenoxy) is 1. The maximum absolute atomic E-state index is 11.5. The zero-order valence-corrected chi connectivity index (χ0v) is 9.07. The van der Waals surface area contributed by atoms with Crippen LogP contribution in [0.2, 0.25) is 0 Å². The molecule has 5 heteroatoms. The quantitative estimate of drug-likeness (QED) is 0.657. The normalized spacial score (nSPS) is 21.2. The molecule has 1 amide bonds. The molecule has 1 atom stereocenters. The standard InChI is InChI=1S/C10H18N2O3/c1-15-10(14)8-3-2-6-12(7-8)9(13)4-5-11/h8H,2-7,11H2,1H3. The molecule has 0 radical (unpaired) electrons. The molecular weight excluding hydrogens is 196 g/mol. The van der Waals surface area contributed by atoms with Gasteiger partial charge in [0, 0.05) is 26.1 Å². The zero-order valence-electron chi connectivity index (χ0n) is 9.07. The van der Waals surface area contributed by atoms with Gasteiger partial charge >= 0.3 is 5.97 Å². The van der Waals surface area contributed by atoms with Crippen molar-refractivity contribution in [3.8, 4) is 0 Å². The Morgan fingerprint density at radius 1 is 1.53 bits per heavy atom. The Morgan fingerprint density at radius 3 is 2.87 bits per heavy atom. The maximum atomic E-state index is 11.5. The number of rotatable bonds is 3. The molecule has 0 aromatic heterocycles. The first-order valence-electron chi connectivity index (χ1n) is 5.24. The van der Waals surface area contributed by atoms with Crippen LogP contribution in [-0.2, 0) is 14.3 Å². The predicted octanol–water partition coefficient (Wildman–Crippen LogP) is -0.253. The van der Waals surface area contributed by atoms with E-state index in [9.17, 15) is 9.59 Å². The highest BCUT2D eigenvalue weighted by molar-refractivity contribution is 5.78. The molecule has 1 saturated heterocycles. The average molecular weight is 214 g/mol. The molecule has 0 spiro atoms. The van der Waals surface area contributed by atoms with Gasteiger partial charge in [-0.1, -0.05) is 0 Å². The number of amides is 1. The minimum atomic E-state index is -0.222. The first-order valence-corrected chi connectivity index (χ1v) is 5.24. The van der Waals surface area contributed by atoms with Crippen molar-refractivity contribution in [3.05, 3.63) is 0 Å². The van der Waals surface area contributed by atoms with E-state index in [-0.39, 0.29) is 17.8 Å². The van der Waals surface area contributed by atoms with Crippen LogP contribution in [0.15, 0.2) is 0 Å². The summed E-state index contributed by atoms with van der Waals surface area (Å²) in [5.74, 6) is -0.350. The van der Waals surface area contributed by atoms with Gasteiger partial charge in [0.25, 0.3) is 0 Å².